The lowest BCUT2D eigenvalue weighted by atomic mass is 10.2. The summed E-state index contributed by atoms with van der Waals surface area (Å²) < 4.78 is 1.03. The molecule has 0 atom stereocenters. The minimum atomic E-state index is -0.0574. The molecule has 0 unspecified atom stereocenters. The third kappa shape index (κ3) is 2.77. The number of rotatable bonds is 3. The van der Waals surface area contributed by atoms with E-state index in [0.717, 1.165) is 15.6 Å². The van der Waals surface area contributed by atoms with Crippen LogP contribution in [0.25, 0.3) is 10.1 Å². The van der Waals surface area contributed by atoms with Gasteiger partial charge in [-0.3, -0.25) is 9.78 Å². The molecular weight excluding hydrogens is 304 g/mol. The van der Waals surface area contributed by atoms with Gasteiger partial charge in [0.25, 0.3) is 5.91 Å². The summed E-state index contributed by atoms with van der Waals surface area (Å²) in [4.78, 5) is 18.8. The molecule has 0 N–H and O–H groups in total. The molecule has 0 aliphatic heterocycles. The van der Waals surface area contributed by atoms with Crippen LogP contribution in [-0.4, -0.2) is 22.8 Å². The Morgan fingerprint density at radius 1 is 1.24 bits per heavy atom. The van der Waals surface area contributed by atoms with Crippen LogP contribution in [0.3, 0.4) is 0 Å². The standard InChI is InChI=1S/C16H13ClN2OS/c1-19(10-11-6-8-18-9-7-11)16(20)15-14(17)12-4-2-3-5-13(12)21-15/h2-9H,10H2,1H3. The van der Waals surface area contributed by atoms with Gasteiger partial charge in [-0.2, -0.15) is 0 Å². The van der Waals surface area contributed by atoms with Gasteiger partial charge >= 0.3 is 0 Å². The number of carbonyl (C=O) groups is 1. The molecule has 0 fully saturated rings. The Bertz CT molecular complexity index is 785. The van der Waals surface area contributed by atoms with Gasteiger partial charge in [0.1, 0.15) is 4.88 Å². The molecule has 2 aromatic heterocycles. The number of fused-ring (bicyclic) bond motifs is 1. The van der Waals surface area contributed by atoms with Crippen LogP contribution < -0.4 is 0 Å². The van der Waals surface area contributed by atoms with Crippen molar-refractivity contribution in [3.63, 3.8) is 0 Å². The van der Waals surface area contributed by atoms with Gasteiger partial charge in [0.2, 0.25) is 0 Å². The third-order valence-electron chi connectivity index (χ3n) is 3.24. The zero-order chi connectivity index (χ0) is 14.8. The normalized spacial score (nSPS) is 10.8. The molecule has 0 saturated heterocycles. The summed E-state index contributed by atoms with van der Waals surface area (Å²) in [5, 5.41) is 1.48. The van der Waals surface area contributed by atoms with Crippen molar-refractivity contribution in [2.24, 2.45) is 0 Å². The number of hydrogen-bond donors (Lipinski definition) is 0. The van der Waals surface area contributed by atoms with E-state index >= 15 is 0 Å². The van der Waals surface area contributed by atoms with Crippen LogP contribution in [0.15, 0.2) is 48.8 Å². The fourth-order valence-electron chi connectivity index (χ4n) is 2.16. The fraction of sp³-hybridized carbons (Fsp3) is 0.125. The Hall–Kier alpha value is -1.91. The van der Waals surface area contributed by atoms with Crippen molar-refractivity contribution in [2.75, 3.05) is 7.05 Å². The highest BCUT2D eigenvalue weighted by Crippen LogP contribution is 2.35. The van der Waals surface area contributed by atoms with Crippen LogP contribution in [0.4, 0.5) is 0 Å². The van der Waals surface area contributed by atoms with E-state index in [2.05, 4.69) is 4.98 Å². The van der Waals surface area contributed by atoms with E-state index in [1.54, 1.807) is 24.3 Å². The molecule has 3 rings (SSSR count). The first kappa shape index (κ1) is 14.0. The van der Waals surface area contributed by atoms with Gasteiger partial charge in [0.15, 0.2) is 0 Å². The molecule has 106 valence electrons. The molecular formula is C16H13ClN2OS. The molecule has 5 heteroatoms. The fourth-order valence-corrected chi connectivity index (χ4v) is 3.67. The van der Waals surface area contributed by atoms with E-state index in [9.17, 15) is 4.79 Å². The molecule has 0 aliphatic carbocycles. The van der Waals surface area contributed by atoms with Crippen molar-refractivity contribution in [3.8, 4) is 0 Å². The lowest BCUT2D eigenvalue weighted by molar-refractivity contribution is 0.0790. The van der Waals surface area contributed by atoms with Crippen molar-refractivity contribution in [2.45, 2.75) is 6.54 Å². The maximum absolute atomic E-state index is 12.6. The second-order valence-electron chi connectivity index (χ2n) is 4.76. The Labute approximate surface area is 131 Å². The van der Waals surface area contributed by atoms with Gasteiger partial charge in [-0.1, -0.05) is 29.8 Å². The Balaban J connectivity index is 1.88. The molecule has 0 saturated carbocycles. The molecule has 0 radical (unpaired) electrons. The van der Waals surface area contributed by atoms with Gasteiger partial charge in [-0.15, -0.1) is 11.3 Å². The average Bonchev–Trinajstić information content (AvgIpc) is 2.85. The van der Waals surface area contributed by atoms with Crippen LogP contribution in [-0.2, 0) is 6.54 Å². The molecule has 3 nitrogen and oxygen atoms in total. The topological polar surface area (TPSA) is 33.2 Å². The molecule has 1 aromatic carbocycles. The summed E-state index contributed by atoms with van der Waals surface area (Å²) >= 11 is 7.79. The number of halogens is 1. The van der Waals surface area contributed by atoms with E-state index in [-0.39, 0.29) is 5.91 Å². The number of amides is 1. The summed E-state index contributed by atoms with van der Waals surface area (Å²) in [7, 11) is 1.78. The Morgan fingerprint density at radius 2 is 1.95 bits per heavy atom. The van der Waals surface area contributed by atoms with Crippen LogP contribution in [0.5, 0.6) is 0 Å². The van der Waals surface area contributed by atoms with Gasteiger partial charge in [0, 0.05) is 36.1 Å². The lowest BCUT2D eigenvalue weighted by Crippen LogP contribution is -2.25. The Kier molecular flexibility index (Phi) is 3.90. The molecule has 0 bridgehead atoms. The largest absolute Gasteiger partial charge is 0.337 e. The summed E-state index contributed by atoms with van der Waals surface area (Å²) in [6.07, 6.45) is 3.44. The zero-order valence-corrected chi connectivity index (χ0v) is 13.0. The quantitative estimate of drug-likeness (QED) is 0.724. The first-order valence-corrected chi connectivity index (χ1v) is 7.67. The highest BCUT2D eigenvalue weighted by Gasteiger charge is 2.20. The highest BCUT2D eigenvalue weighted by atomic mass is 35.5. The summed E-state index contributed by atoms with van der Waals surface area (Å²) in [5.41, 5.74) is 1.04. The summed E-state index contributed by atoms with van der Waals surface area (Å²) in [6.45, 7) is 0.534. The van der Waals surface area contributed by atoms with Crippen LogP contribution in [0.2, 0.25) is 5.02 Å². The smallest absolute Gasteiger partial charge is 0.265 e. The SMILES string of the molecule is CN(Cc1ccncc1)C(=O)c1sc2ccccc2c1Cl. The van der Waals surface area contributed by atoms with E-state index in [4.69, 9.17) is 11.6 Å². The maximum Gasteiger partial charge on any atom is 0.265 e. The van der Waals surface area contributed by atoms with Crippen molar-refractivity contribution in [1.29, 1.82) is 0 Å². The van der Waals surface area contributed by atoms with E-state index in [1.807, 2.05) is 36.4 Å². The predicted molar refractivity (Wildman–Crippen MR) is 86.9 cm³/mol. The van der Waals surface area contributed by atoms with Crippen LogP contribution >= 0.6 is 22.9 Å². The third-order valence-corrected chi connectivity index (χ3v) is 4.91. The van der Waals surface area contributed by atoms with E-state index < -0.39 is 0 Å². The first-order chi connectivity index (χ1) is 10.2. The number of aromatic nitrogens is 1. The number of nitrogens with zero attached hydrogens (tertiary/aromatic N) is 2. The van der Waals surface area contributed by atoms with E-state index in [1.165, 1.54) is 11.3 Å². The lowest BCUT2D eigenvalue weighted by Gasteiger charge is -2.16. The second-order valence-corrected chi connectivity index (χ2v) is 6.19. The number of thiophene rings is 1. The summed E-state index contributed by atoms with van der Waals surface area (Å²) in [5.74, 6) is -0.0574. The van der Waals surface area contributed by atoms with Gasteiger partial charge in [-0.25, -0.2) is 0 Å². The molecule has 0 aliphatic rings. The molecule has 3 aromatic rings. The minimum absolute atomic E-state index is 0.0574. The molecule has 2 heterocycles. The predicted octanol–water partition coefficient (Wildman–Crippen LogP) is 4.22. The first-order valence-electron chi connectivity index (χ1n) is 6.48. The monoisotopic (exact) mass is 316 g/mol. The minimum Gasteiger partial charge on any atom is -0.337 e. The molecule has 21 heavy (non-hydrogen) atoms. The van der Waals surface area contributed by atoms with Crippen molar-refractivity contribution in [1.82, 2.24) is 9.88 Å². The van der Waals surface area contributed by atoms with Gasteiger partial charge in [-0.05, 0) is 23.8 Å². The van der Waals surface area contributed by atoms with Crippen molar-refractivity contribution >= 4 is 38.9 Å². The number of pyridine rings is 1. The van der Waals surface area contributed by atoms with Crippen LogP contribution in [0.1, 0.15) is 15.2 Å². The number of carbonyl (C=O) groups excluding carboxylic acids is 1. The Morgan fingerprint density at radius 3 is 2.67 bits per heavy atom. The van der Waals surface area contributed by atoms with Crippen molar-refractivity contribution in [3.05, 3.63) is 64.3 Å². The maximum atomic E-state index is 12.6. The van der Waals surface area contributed by atoms with Gasteiger partial charge in [0.05, 0.1) is 5.02 Å². The number of benzene rings is 1. The highest BCUT2D eigenvalue weighted by molar-refractivity contribution is 7.21. The zero-order valence-electron chi connectivity index (χ0n) is 11.4. The summed E-state index contributed by atoms with van der Waals surface area (Å²) in [6, 6.07) is 11.6. The molecule has 1 amide bonds. The number of hydrogen-bond acceptors (Lipinski definition) is 3. The molecule has 0 spiro atoms. The van der Waals surface area contributed by atoms with Gasteiger partial charge < -0.3 is 4.90 Å². The van der Waals surface area contributed by atoms with E-state index in [0.29, 0.717) is 16.4 Å². The average molecular weight is 317 g/mol. The second kappa shape index (κ2) is 5.84. The van der Waals surface area contributed by atoms with Crippen molar-refractivity contribution < 1.29 is 4.79 Å². The van der Waals surface area contributed by atoms with Crippen LogP contribution in [0, 0.1) is 0 Å².